The maximum absolute atomic E-state index is 5.55. The number of allylic oxidation sites excluding steroid dienone is 1. The van der Waals surface area contributed by atoms with Gasteiger partial charge in [0.15, 0.2) is 0 Å². The first-order chi connectivity index (χ1) is 6.19. The molecule has 1 aromatic rings. The van der Waals surface area contributed by atoms with Gasteiger partial charge < -0.3 is 5.73 Å². The van der Waals surface area contributed by atoms with E-state index in [9.17, 15) is 0 Å². The van der Waals surface area contributed by atoms with E-state index in [0.29, 0.717) is 6.54 Å². The number of hydrogen-bond donors (Lipinski definition) is 1. The van der Waals surface area contributed by atoms with E-state index in [4.69, 9.17) is 5.73 Å². The second kappa shape index (κ2) is 4.23. The van der Waals surface area contributed by atoms with Crippen molar-refractivity contribution in [2.24, 2.45) is 5.73 Å². The maximum atomic E-state index is 5.55. The van der Waals surface area contributed by atoms with Crippen molar-refractivity contribution in [3.05, 3.63) is 29.6 Å². The zero-order valence-corrected chi connectivity index (χ0v) is 8.38. The Labute approximate surface area is 79.2 Å². The molecular formula is C10H17N3. The molecule has 0 bridgehead atoms. The molecule has 13 heavy (non-hydrogen) atoms. The molecule has 0 unspecified atom stereocenters. The summed E-state index contributed by atoms with van der Waals surface area (Å²) in [5.74, 6) is 0. The van der Waals surface area contributed by atoms with Crippen LogP contribution < -0.4 is 5.73 Å². The third-order valence-corrected chi connectivity index (χ3v) is 2.30. The lowest BCUT2D eigenvalue weighted by atomic mass is 10.2. The molecule has 0 aliphatic rings. The van der Waals surface area contributed by atoms with Gasteiger partial charge in [-0.1, -0.05) is 19.1 Å². The van der Waals surface area contributed by atoms with E-state index >= 15 is 0 Å². The van der Waals surface area contributed by atoms with E-state index < -0.39 is 0 Å². The van der Waals surface area contributed by atoms with Crippen molar-refractivity contribution >= 4 is 0 Å². The molecule has 0 saturated carbocycles. The third kappa shape index (κ3) is 2.18. The Bertz CT molecular complexity index is 299. The van der Waals surface area contributed by atoms with Gasteiger partial charge in [-0.2, -0.15) is 5.10 Å². The molecule has 0 amide bonds. The number of rotatable bonds is 4. The highest BCUT2D eigenvalue weighted by Crippen LogP contribution is 2.09. The van der Waals surface area contributed by atoms with Crippen LogP contribution in [0.4, 0.5) is 0 Å². The van der Waals surface area contributed by atoms with Crippen molar-refractivity contribution in [1.82, 2.24) is 9.78 Å². The van der Waals surface area contributed by atoms with Gasteiger partial charge in [-0.05, 0) is 13.3 Å². The molecule has 1 rings (SSSR count). The second-order valence-electron chi connectivity index (χ2n) is 3.22. The van der Waals surface area contributed by atoms with E-state index in [2.05, 4.69) is 18.6 Å². The molecule has 0 radical (unpaired) electrons. The van der Waals surface area contributed by atoms with E-state index in [-0.39, 0.29) is 0 Å². The van der Waals surface area contributed by atoms with Gasteiger partial charge in [0.05, 0.1) is 12.7 Å². The molecule has 0 fully saturated rings. The van der Waals surface area contributed by atoms with Crippen LogP contribution in [0.1, 0.15) is 24.6 Å². The van der Waals surface area contributed by atoms with E-state index in [1.54, 1.807) is 0 Å². The number of aromatic nitrogens is 2. The smallest absolute Gasteiger partial charge is 0.0619 e. The first-order valence-corrected chi connectivity index (χ1v) is 4.57. The Hall–Kier alpha value is -1.09. The number of nitrogens with two attached hydrogens (primary N) is 1. The summed E-state index contributed by atoms with van der Waals surface area (Å²) in [7, 11) is 0. The summed E-state index contributed by atoms with van der Waals surface area (Å²) in [4.78, 5) is 0. The Morgan fingerprint density at radius 3 is 2.85 bits per heavy atom. The van der Waals surface area contributed by atoms with Crippen LogP contribution in [0.15, 0.2) is 18.3 Å². The van der Waals surface area contributed by atoms with Gasteiger partial charge in [0, 0.05) is 17.8 Å². The molecule has 0 aromatic carbocycles. The Kier molecular flexibility index (Phi) is 3.25. The summed E-state index contributed by atoms with van der Waals surface area (Å²) in [5.41, 5.74) is 9.01. The number of hydrogen-bond acceptors (Lipinski definition) is 2. The molecule has 1 heterocycles. The first-order valence-electron chi connectivity index (χ1n) is 4.57. The van der Waals surface area contributed by atoms with Crippen LogP contribution in [-0.4, -0.2) is 9.78 Å². The quantitative estimate of drug-likeness (QED) is 0.714. The summed E-state index contributed by atoms with van der Waals surface area (Å²) in [5, 5.41) is 4.25. The number of nitrogens with zero attached hydrogens (tertiary/aromatic N) is 2. The molecule has 3 heteroatoms. The van der Waals surface area contributed by atoms with Crippen LogP contribution in [0.25, 0.3) is 0 Å². The van der Waals surface area contributed by atoms with Crippen LogP contribution in [-0.2, 0) is 13.1 Å². The van der Waals surface area contributed by atoms with Crippen LogP contribution in [0.3, 0.4) is 0 Å². The van der Waals surface area contributed by atoms with Gasteiger partial charge in [0.25, 0.3) is 0 Å². The monoisotopic (exact) mass is 179 g/mol. The molecule has 1 aromatic heterocycles. The van der Waals surface area contributed by atoms with Gasteiger partial charge in [0.1, 0.15) is 0 Å². The van der Waals surface area contributed by atoms with E-state index in [1.165, 1.54) is 5.57 Å². The van der Waals surface area contributed by atoms with Crippen LogP contribution in [0, 0.1) is 6.92 Å². The lowest BCUT2D eigenvalue weighted by molar-refractivity contribution is 0.644. The van der Waals surface area contributed by atoms with E-state index in [1.807, 2.05) is 17.8 Å². The minimum atomic E-state index is 0.560. The fourth-order valence-electron chi connectivity index (χ4n) is 1.17. The summed E-state index contributed by atoms with van der Waals surface area (Å²) >= 11 is 0. The molecule has 0 atom stereocenters. The summed E-state index contributed by atoms with van der Waals surface area (Å²) in [6.07, 6.45) is 2.83. The molecule has 3 nitrogen and oxygen atoms in total. The summed E-state index contributed by atoms with van der Waals surface area (Å²) < 4.78 is 1.95. The predicted molar refractivity (Wildman–Crippen MR) is 54.3 cm³/mol. The Morgan fingerprint density at radius 1 is 1.69 bits per heavy atom. The molecule has 2 N–H and O–H groups in total. The van der Waals surface area contributed by atoms with Crippen molar-refractivity contribution in [2.45, 2.75) is 33.4 Å². The molecule has 0 aliphatic carbocycles. The van der Waals surface area contributed by atoms with Crippen LogP contribution in [0.5, 0.6) is 0 Å². The largest absolute Gasteiger partial charge is 0.326 e. The highest BCUT2D eigenvalue weighted by molar-refractivity contribution is 5.16. The van der Waals surface area contributed by atoms with Gasteiger partial charge in [-0.25, -0.2) is 0 Å². The molecule has 0 saturated heterocycles. The average molecular weight is 179 g/mol. The van der Waals surface area contributed by atoms with Crippen LogP contribution >= 0.6 is 0 Å². The fourth-order valence-corrected chi connectivity index (χ4v) is 1.17. The summed E-state index contributed by atoms with van der Waals surface area (Å²) in [6, 6.07) is 0. The molecule has 0 spiro atoms. The third-order valence-electron chi connectivity index (χ3n) is 2.30. The fraction of sp³-hybridized carbons (Fsp3) is 0.500. The second-order valence-corrected chi connectivity index (χ2v) is 3.22. The lowest BCUT2D eigenvalue weighted by Gasteiger charge is -2.05. The summed E-state index contributed by atoms with van der Waals surface area (Å²) in [6.45, 7) is 9.46. The van der Waals surface area contributed by atoms with E-state index in [0.717, 1.165) is 24.2 Å². The normalized spacial score (nSPS) is 10.4. The topological polar surface area (TPSA) is 43.8 Å². The molecular weight excluding hydrogens is 162 g/mol. The van der Waals surface area contributed by atoms with Crippen molar-refractivity contribution < 1.29 is 0 Å². The zero-order chi connectivity index (χ0) is 9.84. The zero-order valence-electron chi connectivity index (χ0n) is 8.38. The van der Waals surface area contributed by atoms with Crippen LogP contribution in [0.2, 0.25) is 0 Å². The standard InChI is InChI=1S/C10H17N3/c1-4-8(2)7-13-9(3)10(5-11)6-12-13/h6H,2,4-5,7,11H2,1,3H3. The first kappa shape index (κ1) is 9.99. The predicted octanol–water partition coefficient (Wildman–Crippen LogP) is 1.62. The van der Waals surface area contributed by atoms with Gasteiger partial charge in [-0.3, -0.25) is 4.68 Å². The lowest BCUT2D eigenvalue weighted by Crippen LogP contribution is -2.05. The van der Waals surface area contributed by atoms with Gasteiger partial charge in [-0.15, -0.1) is 0 Å². The van der Waals surface area contributed by atoms with Crippen molar-refractivity contribution in [3.8, 4) is 0 Å². The Morgan fingerprint density at radius 2 is 2.38 bits per heavy atom. The van der Waals surface area contributed by atoms with Gasteiger partial charge in [0.2, 0.25) is 0 Å². The molecule has 72 valence electrons. The highest BCUT2D eigenvalue weighted by atomic mass is 15.3. The SMILES string of the molecule is C=C(CC)Cn1ncc(CN)c1C. The maximum Gasteiger partial charge on any atom is 0.0619 e. The Balaban J connectivity index is 2.78. The van der Waals surface area contributed by atoms with Crippen molar-refractivity contribution in [3.63, 3.8) is 0 Å². The minimum absolute atomic E-state index is 0.560. The molecule has 0 aliphatic heterocycles. The highest BCUT2D eigenvalue weighted by Gasteiger charge is 2.04. The van der Waals surface area contributed by atoms with Gasteiger partial charge >= 0.3 is 0 Å². The minimum Gasteiger partial charge on any atom is -0.326 e. The average Bonchev–Trinajstić information content (AvgIpc) is 2.48. The van der Waals surface area contributed by atoms with Crippen molar-refractivity contribution in [2.75, 3.05) is 0 Å². The van der Waals surface area contributed by atoms with Crippen molar-refractivity contribution in [1.29, 1.82) is 0 Å².